The van der Waals surface area contributed by atoms with Crippen LogP contribution in [0.25, 0.3) is 0 Å². The number of aryl methyl sites for hydroxylation is 2. The highest BCUT2D eigenvalue weighted by atomic mass is 35.5. The number of esters is 1. The molecule has 1 aromatic heterocycles. The molecular formula is C24H21ClN2O4. The molecule has 0 bridgehead atoms. The lowest BCUT2D eigenvalue weighted by Crippen LogP contribution is -2.22. The molecular weight excluding hydrogens is 416 g/mol. The third kappa shape index (κ3) is 4.39. The van der Waals surface area contributed by atoms with Gasteiger partial charge in [-0.15, -0.1) is 0 Å². The summed E-state index contributed by atoms with van der Waals surface area (Å²) in [7, 11) is 0. The second kappa shape index (κ2) is 8.78. The number of furan rings is 1. The Morgan fingerprint density at radius 3 is 2.55 bits per heavy atom. The highest BCUT2D eigenvalue weighted by Gasteiger charge is 2.29. The van der Waals surface area contributed by atoms with Crippen LogP contribution in [0.5, 0.6) is 5.75 Å². The van der Waals surface area contributed by atoms with Gasteiger partial charge in [0.15, 0.2) is 0 Å². The lowest BCUT2D eigenvalue weighted by Gasteiger charge is -2.13. The van der Waals surface area contributed by atoms with Gasteiger partial charge in [-0.3, -0.25) is 4.79 Å². The van der Waals surface area contributed by atoms with E-state index < -0.39 is 11.9 Å². The highest BCUT2D eigenvalue weighted by molar-refractivity contribution is 6.33. The van der Waals surface area contributed by atoms with Gasteiger partial charge in [0.25, 0.3) is 5.91 Å². The van der Waals surface area contributed by atoms with Crippen LogP contribution in [-0.4, -0.2) is 17.6 Å². The molecule has 0 saturated heterocycles. The number of hydrogen-bond donors (Lipinski definition) is 1. The second-order valence-corrected chi connectivity index (χ2v) is 7.80. The van der Waals surface area contributed by atoms with Gasteiger partial charge in [0.1, 0.15) is 11.5 Å². The van der Waals surface area contributed by atoms with E-state index >= 15 is 0 Å². The Hall–Kier alpha value is -3.38. The Kier molecular flexibility index (Phi) is 5.91. The first-order valence-electron chi connectivity index (χ1n) is 9.97. The van der Waals surface area contributed by atoms with E-state index in [4.69, 9.17) is 20.8 Å². The van der Waals surface area contributed by atoms with Gasteiger partial charge in [-0.1, -0.05) is 41.4 Å². The number of hydrogen-bond acceptors (Lipinski definition) is 5. The third-order valence-corrected chi connectivity index (χ3v) is 5.48. The van der Waals surface area contributed by atoms with E-state index in [-0.39, 0.29) is 5.76 Å². The summed E-state index contributed by atoms with van der Waals surface area (Å²) in [6, 6.07) is 14.0. The van der Waals surface area contributed by atoms with Crippen molar-refractivity contribution in [1.82, 2.24) is 5.43 Å². The third-order valence-electron chi connectivity index (χ3n) is 5.15. The standard InChI is InChI=1S/C24H21ClN2O4/c1-14-10-12-16(13-11-14)30-24(29)22-15(2)21-19(8-5-9-20(21)31-22)26-27-23(28)17-6-3-4-7-18(17)25/h3-4,6-7,10-13H,5,8-9H2,1-2H3,(H,27,28)/b26-19+. The van der Waals surface area contributed by atoms with Crippen LogP contribution in [0.4, 0.5) is 0 Å². The first kappa shape index (κ1) is 20.9. The number of hydrazone groups is 1. The molecule has 0 fully saturated rings. The van der Waals surface area contributed by atoms with Crippen LogP contribution in [0, 0.1) is 13.8 Å². The maximum Gasteiger partial charge on any atom is 0.379 e. The fourth-order valence-corrected chi connectivity index (χ4v) is 3.78. The number of rotatable bonds is 4. The van der Waals surface area contributed by atoms with Gasteiger partial charge in [0.05, 0.1) is 16.3 Å². The van der Waals surface area contributed by atoms with Crippen LogP contribution < -0.4 is 10.2 Å². The number of carbonyl (C=O) groups excluding carboxylic acids is 2. The van der Waals surface area contributed by atoms with Crippen LogP contribution in [-0.2, 0) is 6.42 Å². The number of nitrogens with zero attached hydrogens (tertiary/aromatic N) is 1. The van der Waals surface area contributed by atoms with Crippen LogP contribution >= 0.6 is 11.6 Å². The molecule has 1 N–H and O–H groups in total. The number of carbonyl (C=O) groups is 2. The number of benzene rings is 2. The first-order chi connectivity index (χ1) is 14.9. The van der Waals surface area contributed by atoms with E-state index in [1.165, 1.54) is 0 Å². The highest BCUT2D eigenvalue weighted by Crippen LogP contribution is 2.30. The van der Waals surface area contributed by atoms with Crippen LogP contribution in [0.3, 0.4) is 0 Å². The molecule has 1 heterocycles. The van der Waals surface area contributed by atoms with Crippen LogP contribution in [0.2, 0.25) is 5.02 Å². The van der Waals surface area contributed by atoms with Gasteiger partial charge in [-0.05, 0) is 51.0 Å². The van der Waals surface area contributed by atoms with Gasteiger partial charge in [0, 0.05) is 17.5 Å². The molecule has 4 rings (SSSR count). The summed E-state index contributed by atoms with van der Waals surface area (Å²) in [5.41, 5.74) is 6.05. The molecule has 0 saturated carbocycles. The number of halogens is 1. The van der Waals surface area contributed by atoms with Gasteiger partial charge in [0.2, 0.25) is 5.76 Å². The minimum atomic E-state index is -0.560. The smallest absolute Gasteiger partial charge is 0.379 e. The normalized spacial score (nSPS) is 14.2. The quantitative estimate of drug-likeness (QED) is 0.344. The van der Waals surface area contributed by atoms with Crippen molar-refractivity contribution >= 4 is 29.2 Å². The molecule has 3 aromatic rings. The zero-order valence-corrected chi connectivity index (χ0v) is 18.0. The Bertz CT molecular complexity index is 1180. The van der Waals surface area contributed by atoms with Crippen molar-refractivity contribution in [2.24, 2.45) is 5.10 Å². The summed E-state index contributed by atoms with van der Waals surface area (Å²) in [6.07, 6.45) is 2.14. The van der Waals surface area contributed by atoms with E-state index in [1.807, 2.05) is 19.1 Å². The largest absolute Gasteiger partial charge is 0.453 e. The molecule has 0 aliphatic heterocycles. The van der Waals surface area contributed by atoms with Crippen molar-refractivity contribution in [3.63, 3.8) is 0 Å². The monoisotopic (exact) mass is 436 g/mol. The van der Waals surface area contributed by atoms with E-state index in [1.54, 1.807) is 43.3 Å². The molecule has 0 spiro atoms. The summed E-state index contributed by atoms with van der Waals surface area (Å²) in [5, 5.41) is 4.67. The maximum atomic E-state index is 12.7. The van der Waals surface area contributed by atoms with Crippen molar-refractivity contribution in [3.05, 3.63) is 87.3 Å². The minimum Gasteiger partial charge on any atom is -0.453 e. The fraction of sp³-hybridized carbons (Fsp3) is 0.208. The Morgan fingerprint density at radius 1 is 1.06 bits per heavy atom. The predicted octanol–water partition coefficient (Wildman–Crippen LogP) is 5.24. The van der Waals surface area contributed by atoms with E-state index in [0.717, 1.165) is 17.5 Å². The summed E-state index contributed by atoms with van der Waals surface area (Å²) in [6.45, 7) is 3.76. The average Bonchev–Trinajstić information content (AvgIpc) is 3.11. The predicted molar refractivity (Wildman–Crippen MR) is 118 cm³/mol. The topological polar surface area (TPSA) is 80.9 Å². The van der Waals surface area contributed by atoms with Gasteiger partial charge in [-0.25, -0.2) is 10.2 Å². The molecule has 1 amide bonds. The molecule has 6 nitrogen and oxygen atoms in total. The molecule has 31 heavy (non-hydrogen) atoms. The summed E-state index contributed by atoms with van der Waals surface area (Å²) >= 11 is 6.08. The minimum absolute atomic E-state index is 0.151. The fourth-order valence-electron chi connectivity index (χ4n) is 3.56. The van der Waals surface area contributed by atoms with Crippen molar-refractivity contribution in [1.29, 1.82) is 0 Å². The number of ether oxygens (including phenoxy) is 1. The average molecular weight is 437 g/mol. The lowest BCUT2D eigenvalue weighted by molar-refractivity contribution is 0.0698. The summed E-state index contributed by atoms with van der Waals surface area (Å²) < 4.78 is 11.3. The Labute approximate surface area is 184 Å². The van der Waals surface area contributed by atoms with Gasteiger partial charge < -0.3 is 9.15 Å². The van der Waals surface area contributed by atoms with Crippen molar-refractivity contribution in [3.8, 4) is 5.75 Å². The first-order valence-corrected chi connectivity index (χ1v) is 10.3. The van der Waals surface area contributed by atoms with Crippen LogP contribution in [0.1, 0.15) is 56.2 Å². The molecule has 158 valence electrons. The van der Waals surface area contributed by atoms with Gasteiger partial charge >= 0.3 is 5.97 Å². The molecule has 7 heteroatoms. The SMILES string of the molecule is Cc1ccc(OC(=O)c2oc3c(c2C)/C(=N/NC(=O)c2ccccc2Cl)CCC3)cc1. The second-order valence-electron chi connectivity index (χ2n) is 7.39. The van der Waals surface area contributed by atoms with E-state index in [9.17, 15) is 9.59 Å². The molecule has 1 aliphatic carbocycles. The van der Waals surface area contributed by atoms with E-state index in [0.29, 0.717) is 46.2 Å². The molecule has 0 unspecified atom stereocenters. The van der Waals surface area contributed by atoms with Crippen molar-refractivity contribution in [2.75, 3.05) is 0 Å². The Balaban J connectivity index is 1.57. The van der Waals surface area contributed by atoms with Gasteiger partial charge in [-0.2, -0.15) is 5.10 Å². The maximum absolute atomic E-state index is 12.7. The van der Waals surface area contributed by atoms with Crippen molar-refractivity contribution in [2.45, 2.75) is 33.1 Å². The van der Waals surface area contributed by atoms with Crippen LogP contribution in [0.15, 0.2) is 58.0 Å². The lowest BCUT2D eigenvalue weighted by atomic mass is 9.93. The number of nitrogens with one attached hydrogen (secondary N) is 1. The number of fused-ring (bicyclic) bond motifs is 1. The number of amides is 1. The summed E-state index contributed by atoms with van der Waals surface area (Å²) in [5.74, 6) is 0.314. The molecule has 1 aliphatic rings. The van der Waals surface area contributed by atoms with Crippen molar-refractivity contribution < 1.29 is 18.7 Å². The zero-order valence-electron chi connectivity index (χ0n) is 17.2. The molecule has 2 aromatic carbocycles. The molecule has 0 radical (unpaired) electrons. The van der Waals surface area contributed by atoms with E-state index in [2.05, 4.69) is 10.5 Å². The Morgan fingerprint density at radius 2 is 1.81 bits per heavy atom. The summed E-state index contributed by atoms with van der Waals surface area (Å²) in [4.78, 5) is 25.1. The zero-order chi connectivity index (χ0) is 22.0. The molecule has 0 atom stereocenters.